The Labute approximate surface area is 150 Å². The molecule has 5 fully saturated rings. The highest BCUT2D eigenvalue weighted by Crippen LogP contribution is 2.67. The first kappa shape index (κ1) is 15.7. The minimum absolute atomic E-state index is 0.170. The molecule has 0 radical (unpaired) electrons. The van der Waals surface area contributed by atoms with E-state index in [1.807, 2.05) is 4.90 Å². The summed E-state index contributed by atoms with van der Waals surface area (Å²) in [7, 11) is 0. The number of carboxylic acid groups (broad SMARTS) is 1. The van der Waals surface area contributed by atoms with E-state index in [1.165, 1.54) is 44.1 Å². The van der Waals surface area contributed by atoms with Crippen LogP contribution < -0.4 is 0 Å². The summed E-state index contributed by atoms with van der Waals surface area (Å²) in [4.78, 5) is 14.1. The smallest absolute Gasteiger partial charge is 0.407 e. The van der Waals surface area contributed by atoms with Crippen molar-refractivity contribution >= 4 is 6.09 Å². The first-order chi connectivity index (χ1) is 12.1. The Hall–Kier alpha value is -1.51. The van der Waals surface area contributed by atoms with Crippen LogP contribution in [-0.2, 0) is 6.42 Å². The minimum Gasteiger partial charge on any atom is -0.465 e. The summed E-state index contributed by atoms with van der Waals surface area (Å²) in [5.41, 5.74) is 1.37. The first-order valence-electron chi connectivity index (χ1n) is 10.1. The van der Waals surface area contributed by atoms with Gasteiger partial charge >= 0.3 is 6.09 Å². The highest BCUT2D eigenvalue weighted by atomic mass is 16.4. The lowest BCUT2D eigenvalue weighted by atomic mass is 9.43. The van der Waals surface area contributed by atoms with Crippen molar-refractivity contribution in [1.82, 2.24) is 4.90 Å². The van der Waals surface area contributed by atoms with E-state index in [0.29, 0.717) is 0 Å². The maximum Gasteiger partial charge on any atom is 0.407 e. The van der Waals surface area contributed by atoms with E-state index in [4.69, 9.17) is 0 Å². The second kappa shape index (κ2) is 5.49. The number of amides is 1. The standard InChI is InChI=1S/C22H29NO2/c24-20(25)23-8-4-7-22(23,15-16-5-2-1-3-6-16)21-12-17-9-18(13-21)11-19(10-17)14-21/h1-3,5-6,17-19H,4,7-15H2,(H,24,25). The molecule has 1 unspecified atom stereocenters. The third-order valence-electron chi connectivity index (χ3n) is 8.08. The molecule has 3 heteroatoms. The number of rotatable bonds is 3. The van der Waals surface area contributed by atoms with Crippen molar-refractivity contribution in [3.63, 3.8) is 0 Å². The topological polar surface area (TPSA) is 40.5 Å². The van der Waals surface area contributed by atoms with Crippen molar-refractivity contribution in [2.75, 3.05) is 6.54 Å². The number of nitrogens with zero attached hydrogens (tertiary/aromatic N) is 1. The van der Waals surface area contributed by atoms with Crippen molar-refractivity contribution in [1.29, 1.82) is 0 Å². The van der Waals surface area contributed by atoms with Crippen LogP contribution in [0.25, 0.3) is 0 Å². The Morgan fingerprint density at radius 1 is 1.04 bits per heavy atom. The van der Waals surface area contributed by atoms with Gasteiger partial charge in [0, 0.05) is 6.54 Å². The van der Waals surface area contributed by atoms with Crippen molar-refractivity contribution in [3.05, 3.63) is 35.9 Å². The average Bonchev–Trinajstić information content (AvgIpc) is 3.00. The van der Waals surface area contributed by atoms with Crippen molar-refractivity contribution in [2.45, 2.75) is 63.3 Å². The Morgan fingerprint density at radius 2 is 1.64 bits per heavy atom. The van der Waals surface area contributed by atoms with E-state index in [9.17, 15) is 9.90 Å². The monoisotopic (exact) mass is 339 g/mol. The Balaban J connectivity index is 1.59. The maximum absolute atomic E-state index is 12.2. The SMILES string of the molecule is O=C(O)N1CCCC1(Cc1ccccc1)C12CC3CC(CC(C3)C1)C2. The van der Waals surface area contributed by atoms with Crippen molar-refractivity contribution in [3.8, 4) is 0 Å². The lowest BCUT2D eigenvalue weighted by Crippen LogP contribution is -2.65. The molecule has 1 aromatic carbocycles. The van der Waals surface area contributed by atoms with Gasteiger partial charge in [-0.1, -0.05) is 30.3 Å². The van der Waals surface area contributed by atoms with Crippen LogP contribution in [0.15, 0.2) is 30.3 Å². The molecule has 1 aliphatic heterocycles. The Kier molecular flexibility index (Phi) is 3.45. The van der Waals surface area contributed by atoms with Crippen LogP contribution in [0.3, 0.4) is 0 Å². The van der Waals surface area contributed by atoms with Crippen LogP contribution in [0.1, 0.15) is 56.9 Å². The van der Waals surface area contributed by atoms with Crippen LogP contribution in [0, 0.1) is 23.2 Å². The summed E-state index contributed by atoms with van der Waals surface area (Å²) in [5.74, 6) is 2.57. The van der Waals surface area contributed by atoms with Gasteiger partial charge in [0.05, 0.1) is 5.54 Å². The molecule has 6 rings (SSSR count). The fraction of sp³-hybridized carbons (Fsp3) is 0.682. The zero-order valence-corrected chi connectivity index (χ0v) is 15.0. The summed E-state index contributed by atoms with van der Waals surface area (Å²) >= 11 is 0. The summed E-state index contributed by atoms with van der Waals surface area (Å²) in [6.07, 6.45) is 10.4. The Bertz CT molecular complexity index is 635. The highest BCUT2D eigenvalue weighted by Gasteiger charge is 2.64. The molecule has 1 saturated heterocycles. The number of benzene rings is 1. The molecule has 1 amide bonds. The summed E-state index contributed by atoms with van der Waals surface area (Å²) in [6, 6.07) is 10.7. The molecule has 1 atom stereocenters. The first-order valence-corrected chi connectivity index (χ1v) is 10.1. The summed E-state index contributed by atoms with van der Waals surface area (Å²) < 4.78 is 0. The average molecular weight is 339 g/mol. The highest BCUT2D eigenvalue weighted by molar-refractivity contribution is 5.67. The molecule has 4 saturated carbocycles. The number of carbonyl (C=O) groups is 1. The Morgan fingerprint density at radius 3 is 2.20 bits per heavy atom. The predicted octanol–water partition coefficient (Wildman–Crippen LogP) is 4.96. The van der Waals surface area contributed by atoms with E-state index < -0.39 is 6.09 Å². The molecule has 1 aromatic rings. The summed E-state index contributed by atoms with van der Waals surface area (Å²) in [6.45, 7) is 0.726. The third kappa shape index (κ3) is 2.27. The van der Waals surface area contributed by atoms with Gasteiger partial charge < -0.3 is 10.0 Å². The van der Waals surface area contributed by atoms with Crippen LogP contribution in [0.5, 0.6) is 0 Å². The molecule has 134 valence electrons. The molecule has 0 aromatic heterocycles. The van der Waals surface area contributed by atoms with Crippen LogP contribution in [-0.4, -0.2) is 28.2 Å². The number of hydrogen-bond donors (Lipinski definition) is 1. The zero-order chi connectivity index (χ0) is 17.1. The quantitative estimate of drug-likeness (QED) is 0.845. The normalized spacial score (nSPS) is 42.1. The zero-order valence-electron chi connectivity index (χ0n) is 15.0. The lowest BCUT2D eigenvalue weighted by Gasteiger charge is -2.64. The molecule has 0 spiro atoms. The fourth-order valence-electron chi connectivity index (χ4n) is 7.69. The molecule has 3 nitrogen and oxygen atoms in total. The van der Waals surface area contributed by atoms with E-state index in [-0.39, 0.29) is 11.0 Å². The summed E-state index contributed by atoms with van der Waals surface area (Å²) in [5, 5.41) is 10.1. The van der Waals surface area contributed by atoms with Crippen LogP contribution in [0.4, 0.5) is 4.79 Å². The second-order valence-electron chi connectivity index (χ2n) is 9.43. The van der Waals surface area contributed by atoms with E-state index in [0.717, 1.165) is 43.6 Å². The largest absolute Gasteiger partial charge is 0.465 e. The van der Waals surface area contributed by atoms with E-state index >= 15 is 0 Å². The maximum atomic E-state index is 12.2. The molecule has 4 bridgehead atoms. The second-order valence-corrected chi connectivity index (χ2v) is 9.43. The van der Waals surface area contributed by atoms with Crippen LogP contribution in [0.2, 0.25) is 0 Å². The third-order valence-corrected chi connectivity index (χ3v) is 8.08. The van der Waals surface area contributed by atoms with Gasteiger partial charge in [-0.15, -0.1) is 0 Å². The van der Waals surface area contributed by atoms with Gasteiger partial charge in [-0.25, -0.2) is 4.79 Å². The van der Waals surface area contributed by atoms with Gasteiger partial charge in [-0.05, 0) is 86.5 Å². The van der Waals surface area contributed by atoms with Gasteiger partial charge in [0.15, 0.2) is 0 Å². The van der Waals surface area contributed by atoms with Crippen molar-refractivity contribution < 1.29 is 9.90 Å². The van der Waals surface area contributed by atoms with Gasteiger partial charge in [0.2, 0.25) is 0 Å². The number of hydrogen-bond acceptors (Lipinski definition) is 1. The molecule has 1 N–H and O–H groups in total. The lowest BCUT2D eigenvalue weighted by molar-refractivity contribution is -0.131. The van der Waals surface area contributed by atoms with Crippen LogP contribution >= 0.6 is 0 Å². The molecule has 4 aliphatic carbocycles. The van der Waals surface area contributed by atoms with Gasteiger partial charge in [-0.3, -0.25) is 0 Å². The van der Waals surface area contributed by atoms with E-state index in [1.54, 1.807) is 0 Å². The predicted molar refractivity (Wildman–Crippen MR) is 97.4 cm³/mol. The van der Waals surface area contributed by atoms with Gasteiger partial charge in [0.25, 0.3) is 0 Å². The molecular formula is C22H29NO2. The van der Waals surface area contributed by atoms with Gasteiger partial charge in [-0.2, -0.15) is 0 Å². The van der Waals surface area contributed by atoms with E-state index in [2.05, 4.69) is 30.3 Å². The molecule has 25 heavy (non-hydrogen) atoms. The van der Waals surface area contributed by atoms with Crippen molar-refractivity contribution in [2.24, 2.45) is 23.2 Å². The molecule has 5 aliphatic rings. The number of likely N-dealkylation sites (tertiary alicyclic amines) is 1. The molecular weight excluding hydrogens is 310 g/mol. The van der Waals surface area contributed by atoms with Gasteiger partial charge in [0.1, 0.15) is 0 Å². The fourth-order valence-corrected chi connectivity index (χ4v) is 7.69. The minimum atomic E-state index is -0.691. The molecule has 1 heterocycles.